The third-order valence-corrected chi connectivity index (χ3v) is 7.40. The van der Waals surface area contributed by atoms with Crippen molar-refractivity contribution in [1.29, 1.82) is 0 Å². The van der Waals surface area contributed by atoms with E-state index in [1.54, 1.807) is 11.6 Å². The standard InChI is InChI=1S/C25H20ClN5O2S2/c1-16-9-10-18(26)12-20(16)31-23(21-8-5-11-33-21)29-30-25(31)35-15-22-28-19(14-34-22)24(32)27-13-17-6-3-2-4-7-17/h2-12,14H,13,15H2,1H3,(H,27,32). The van der Waals surface area contributed by atoms with Gasteiger partial charge in [-0.3, -0.25) is 9.36 Å². The second kappa shape index (κ2) is 10.5. The van der Waals surface area contributed by atoms with Crippen LogP contribution in [0.2, 0.25) is 5.02 Å². The molecule has 3 aromatic heterocycles. The fourth-order valence-electron chi connectivity index (χ4n) is 3.45. The van der Waals surface area contributed by atoms with Crippen molar-refractivity contribution in [1.82, 2.24) is 25.1 Å². The first-order chi connectivity index (χ1) is 17.1. The number of aromatic nitrogens is 4. The molecule has 0 saturated carbocycles. The normalized spacial score (nSPS) is 11.0. The van der Waals surface area contributed by atoms with Gasteiger partial charge in [0.05, 0.1) is 17.7 Å². The van der Waals surface area contributed by atoms with Crippen molar-refractivity contribution in [2.45, 2.75) is 24.4 Å². The summed E-state index contributed by atoms with van der Waals surface area (Å²) < 4.78 is 7.53. The number of thioether (sulfide) groups is 1. The fourth-order valence-corrected chi connectivity index (χ4v) is 5.35. The van der Waals surface area contributed by atoms with E-state index < -0.39 is 0 Å². The molecule has 7 nitrogen and oxygen atoms in total. The molecule has 0 bridgehead atoms. The molecular formula is C25H20ClN5O2S2. The van der Waals surface area contributed by atoms with Crippen molar-refractivity contribution in [2.75, 3.05) is 0 Å². The maximum Gasteiger partial charge on any atom is 0.271 e. The average Bonchev–Trinajstić information content (AvgIpc) is 3.64. The van der Waals surface area contributed by atoms with Crippen LogP contribution in [0.25, 0.3) is 17.3 Å². The number of furan rings is 1. The molecule has 0 aliphatic rings. The van der Waals surface area contributed by atoms with Gasteiger partial charge in [0, 0.05) is 16.9 Å². The molecule has 0 spiro atoms. The molecule has 0 aliphatic carbocycles. The van der Waals surface area contributed by atoms with Gasteiger partial charge in [0.2, 0.25) is 5.82 Å². The van der Waals surface area contributed by atoms with E-state index >= 15 is 0 Å². The number of halogens is 1. The Kier molecular flexibility index (Phi) is 6.98. The van der Waals surface area contributed by atoms with Crippen LogP contribution in [-0.4, -0.2) is 25.7 Å². The number of amides is 1. The molecule has 0 saturated heterocycles. The van der Waals surface area contributed by atoms with Crippen LogP contribution in [0.15, 0.2) is 81.9 Å². The van der Waals surface area contributed by atoms with Crippen molar-refractivity contribution in [3.8, 4) is 17.3 Å². The average molecular weight is 522 g/mol. The molecule has 1 N–H and O–H groups in total. The molecule has 10 heteroatoms. The lowest BCUT2D eigenvalue weighted by Crippen LogP contribution is -2.23. The molecule has 5 aromatic rings. The van der Waals surface area contributed by atoms with Crippen molar-refractivity contribution >= 4 is 40.6 Å². The minimum absolute atomic E-state index is 0.195. The predicted molar refractivity (Wildman–Crippen MR) is 138 cm³/mol. The molecule has 5 rings (SSSR count). The maximum absolute atomic E-state index is 12.5. The van der Waals surface area contributed by atoms with E-state index in [9.17, 15) is 4.79 Å². The Labute approximate surface area is 215 Å². The van der Waals surface area contributed by atoms with Gasteiger partial charge < -0.3 is 9.73 Å². The number of aryl methyl sites for hydroxylation is 1. The second-order valence-electron chi connectivity index (χ2n) is 7.63. The summed E-state index contributed by atoms with van der Waals surface area (Å²) in [5.41, 5.74) is 3.34. The van der Waals surface area contributed by atoms with E-state index in [4.69, 9.17) is 16.0 Å². The SMILES string of the molecule is Cc1ccc(Cl)cc1-n1c(SCc2nc(C(=O)NCc3ccccc3)cs2)nnc1-c1ccco1. The van der Waals surface area contributed by atoms with E-state index in [0.717, 1.165) is 21.8 Å². The largest absolute Gasteiger partial charge is 0.461 e. The summed E-state index contributed by atoms with van der Waals surface area (Å²) in [5, 5.41) is 15.6. The second-order valence-corrected chi connectivity index (χ2v) is 9.95. The third-order valence-electron chi connectivity index (χ3n) is 5.19. The minimum atomic E-state index is -0.195. The Morgan fingerprint density at radius 1 is 1.14 bits per heavy atom. The maximum atomic E-state index is 12.5. The van der Waals surface area contributed by atoms with E-state index in [2.05, 4.69) is 20.5 Å². The molecule has 35 heavy (non-hydrogen) atoms. The molecule has 176 valence electrons. The van der Waals surface area contributed by atoms with Gasteiger partial charge in [0.1, 0.15) is 10.7 Å². The van der Waals surface area contributed by atoms with Gasteiger partial charge in [-0.15, -0.1) is 21.5 Å². The number of nitrogens with one attached hydrogen (secondary N) is 1. The zero-order valence-electron chi connectivity index (χ0n) is 18.6. The van der Waals surface area contributed by atoms with E-state index in [1.807, 2.05) is 72.2 Å². The highest BCUT2D eigenvalue weighted by Gasteiger charge is 2.20. The lowest BCUT2D eigenvalue weighted by Gasteiger charge is -2.12. The van der Waals surface area contributed by atoms with Gasteiger partial charge >= 0.3 is 0 Å². The zero-order valence-corrected chi connectivity index (χ0v) is 21.0. The number of carbonyl (C=O) groups is 1. The quantitative estimate of drug-likeness (QED) is 0.246. The van der Waals surface area contributed by atoms with E-state index in [1.165, 1.54) is 23.1 Å². The lowest BCUT2D eigenvalue weighted by atomic mass is 10.2. The Hall–Kier alpha value is -3.40. The number of rotatable bonds is 8. The molecule has 2 aromatic carbocycles. The van der Waals surface area contributed by atoms with Gasteiger partial charge in [-0.1, -0.05) is 59.8 Å². The number of hydrogen-bond acceptors (Lipinski definition) is 7. The first kappa shape index (κ1) is 23.3. The minimum Gasteiger partial charge on any atom is -0.461 e. The number of benzene rings is 2. The van der Waals surface area contributed by atoms with Crippen LogP contribution >= 0.6 is 34.7 Å². The Morgan fingerprint density at radius 2 is 2.00 bits per heavy atom. The summed E-state index contributed by atoms with van der Waals surface area (Å²) in [5.74, 6) is 1.53. The molecule has 1 amide bonds. The molecule has 0 aliphatic heterocycles. The molecule has 0 fully saturated rings. The molecule has 0 atom stereocenters. The Bertz CT molecular complexity index is 1450. The van der Waals surface area contributed by atoms with Crippen LogP contribution < -0.4 is 5.32 Å². The van der Waals surface area contributed by atoms with E-state index in [0.29, 0.717) is 39.8 Å². The first-order valence-electron chi connectivity index (χ1n) is 10.7. The number of thiazole rings is 1. The van der Waals surface area contributed by atoms with Crippen LogP contribution in [-0.2, 0) is 12.3 Å². The van der Waals surface area contributed by atoms with Crippen molar-refractivity contribution < 1.29 is 9.21 Å². The summed E-state index contributed by atoms with van der Waals surface area (Å²) in [6.45, 7) is 2.46. The highest BCUT2D eigenvalue weighted by atomic mass is 35.5. The smallest absolute Gasteiger partial charge is 0.271 e. The predicted octanol–water partition coefficient (Wildman–Crippen LogP) is 6.17. The highest BCUT2D eigenvalue weighted by Crippen LogP contribution is 2.32. The lowest BCUT2D eigenvalue weighted by molar-refractivity contribution is 0.0946. The Morgan fingerprint density at radius 3 is 2.80 bits per heavy atom. The monoisotopic (exact) mass is 521 g/mol. The topological polar surface area (TPSA) is 85.8 Å². The number of hydrogen-bond donors (Lipinski definition) is 1. The summed E-state index contributed by atoms with van der Waals surface area (Å²) >= 11 is 9.23. The number of carbonyl (C=O) groups excluding carboxylic acids is 1. The summed E-state index contributed by atoms with van der Waals surface area (Å²) in [6.07, 6.45) is 1.60. The van der Waals surface area contributed by atoms with Crippen molar-refractivity contribution in [3.63, 3.8) is 0 Å². The van der Waals surface area contributed by atoms with Crippen molar-refractivity contribution in [3.05, 3.63) is 99.2 Å². The summed E-state index contributed by atoms with van der Waals surface area (Å²) in [6, 6.07) is 19.1. The molecule has 0 radical (unpaired) electrons. The fraction of sp³-hybridized carbons (Fsp3) is 0.120. The van der Waals surface area contributed by atoms with E-state index in [-0.39, 0.29) is 5.91 Å². The molecular weight excluding hydrogens is 502 g/mol. The highest BCUT2D eigenvalue weighted by molar-refractivity contribution is 7.98. The van der Waals surface area contributed by atoms with Crippen LogP contribution in [0.5, 0.6) is 0 Å². The zero-order chi connectivity index (χ0) is 24.2. The summed E-state index contributed by atoms with van der Waals surface area (Å²) in [4.78, 5) is 17.0. The van der Waals surface area contributed by atoms with Gasteiger partial charge in [-0.2, -0.15) is 0 Å². The van der Waals surface area contributed by atoms with Crippen molar-refractivity contribution in [2.24, 2.45) is 0 Å². The van der Waals surface area contributed by atoms with Gasteiger partial charge in [-0.25, -0.2) is 4.98 Å². The van der Waals surface area contributed by atoms with Crippen LogP contribution in [0.4, 0.5) is 0 Å². The van der Waals surface area contributed by atoms with Gasteiger partial charge in [0.25, 0.3) is 5.91 Å². The first-order valence-corrected chi connectivity index (χ1v) is 13.0. The molecule has 0 unspecified atom stereocenters. The summed E-state index contributed by atoms with van der Waals surface area (Å²) in [7, 11) is 0. The third kappa shape index (κ3) is 5.32. The van der Waals surface area contributed by atoms with Crippen LogP contribution in [0.1, 0.15) is 26.6 Å². The van der Waals surface area contributed by atoms with Crippen LogP contribution in [0, 0.1) is 6.92 Å². The Balaban J connectivity index is 1.34. The number of nitrogens with zero attached hydrogens (tertiary/aromatic N) is 4. The molecule has 3 heterocycles. The van der Waals surface area contributed by atoms with Gasteiger partial charge in [-0.05, 0) is 42.3 Å². The van der Waals surface area contributed by atoms with Crippen LogP contribution in [0.3, 0.4) is 0 Å². The van der Waals surface area contributed by atoms with Gasteiger partial charge in [0.15, 0.2) is 10.9 Å².